The molecule has 7 nitrogen and oxygen atoms in total. The van der Waals surface area contributed by atoms with Crippen LogP contribution in [0.15, 0.2) is 115 Å². The quantitative estimate of drug-likeness (QED) is 0.201. The number of carbonyl (C=O) groups excluding carboxylic acids is 3. The Hall–Kier alpha value is -4.34. The topological polar surface area (TPSA) is 87.2 Å². The highest BCUT2D eigenvalue weighted by molar-refractivity contribution is 8.02. The number of thiophene rings is 1. The number of phenols is 1. The summed E-state index contributed by atoms with van der Waals surface area (Å²) in [5.74, 6) is -0.850. The Bertz CT molecular complexity index is 1590. The van der Waals surface area contributed by atoms with E-state index in [2.05, 4.69) is 0 Å². The molecule has 1 N–H and O–H groups in total. The number of ether oxygens (including phenoxy) is 1. The maximum Gasteiger partial charge on any atom is 0.327 e. The summed E-state index contributed by atoms with van der Waals surface area (Å²) in [4.78, 5) is 43.6. The number of β-lactam (4-membered cyclic amide) rings is 1. The number of aromatic hydroxyl groups is 1. The van der Waals surface area contributed by atoms with E-state index in [9.17, 15) is 19.5 Å². The van der Waals surface area contributed by atoms with Crippen LogP contribution in [0, 0.1) is 0 Å². The van der Waals surface area contributed by atoms with E-state index < -0.39 is 28.2 Å². The molecule has 9 heteroatoms. The van der Waals surface area contributed by atoms with Crippen molar-refractivity contribution in [3.05, 3.63) is 131 Å². The average Bonchev–Trinajstić information content (AvgIpc) is 3.53. The zero-order valence-electron chi connectivity index (χ0n) is 22.7. The van der Waals surface area contributed by atoms with Gasteiger partial charge in [-0.3, -0.25) is 19.3 Å². The summed E-state index contributed by atoms with van der Waals surface area (Å²) in [6.07, 6.45) is 2.90. The van der Waals surface area contributed by atoms with Crippen LogP contribution in [0.5, 0.6) is 5.75 Å². The lowest BCUT2D eigenvalue weighted by atomic mass is 9.95. The van der Waals surface area contributed by atoms with Crippen molar-refractivity contribution in [3.63, 3.8) is 0 Å². The van der Waals surface area contributed by atoms with E-state index in [1.54, 1.807) is 35.4 Å². The predicted molar refractivity (Wildman–Crippen MR) is 164 cm³/mol. The highest BCUT2D eigenvalue weighted by atomic mass is 32.2. The Balaban J connectivity index is 1.38. The van der Waals surface area contributed by atoms with Gasteiger partial charge in [-0.25, -0.2) is 0 Å². The number of benzene rings is 3. The van der Waals surface area contributed by atoms with E-state index in [0.29, 0.717) is 5.00 Å². The summed E-state index contributed by atoms with van der Waals surface area (Å²) in [6.45, 7) is 1.44. The van der Waals surface area contributed by atoms with Gasteiger partial charge in [0.2, 0.25) is 5.91 Å². The Morgan fingerprint density at radius 1 is 0.976 bits per heavy atom. The predicted octanol–water partition coefficient (Wildman–Crippen LogP) is 5.92. The van der Waals surface area contributed by atoms with Crippen LogP contribution >= 0.6 is 23.1 Å². The molecule has 1 saturated heterocycles. The van der Waals surface area contributed by atoms with Gasteiger partial charge in [0.1, 0.15) is 21.9 Å². The third-order valence-electron chi connectivity index (χ3n) is 7.40. The zero-order chi connectivity index (χ0) is 29.3. The maximum absolute atomic E-state index is 14.4. The zero-order valence-corrected chi connectivity index (χ0v) is 24.3. The van der Waals surface area contributed by atoms with Crippen molar-refractivity contribution in [1.82, 2.24) is 4.90 Å². The molecular formula is C33H28N2O5S2. The van der Waals surface area contributed by atoms with Crippen LogP contribution in [-0.2, 0) is 25.5 Å². The number of hydrogen-bond donors (Lipinski definition) is 1. The normalized spacial score (nSPS) is 21.0. The highest BCUT2D eigenvalue weighted by Gasteiger charge is 2.58. The molecule has 0 aliphatic carbocycles. The van der Waals surface area contributed by atoms with Crippen molar-refractivity contribution in [2.75, 3.05) is 4.90 Å². The van der Waals surface area contributed by atoms with Gasteiger partial charge in [-0.2, -0.15) is 0 Å². The van der Waals surface area contributed by atoms with Crippen LogP contribution in [0.2, 0.25) is 0 Å². The fourth-order valence-corrected chi connectivity index (χ4v) is 7.82. The lowest BCUT2D eigenvalue weighted by Crippen LogP contribution is -2.71. The first kappa shape index (κ1) is 27.8. The number of nitrogens with zero attached hydrogens (tertiary/aromatic N) is 2. The molecule has 2 unspecified atom stereocenters. The van der Waals surface area contributed by atoms with Crippen molar-refractivity contribution in [1.29, 1.82) is 0 Å². The number of phenolic OH excluding ortho intramolecular Hbond substituents is 1. The molecule has 1 fully saturated rings. The number of amides is 2. The van der Waals surface area contributed by atoms with E-state index in [0.717, 1.165) is 16.7 Å². The van der Waals surface area contributed by atoms with Gasteiger partial charge in [0, 0.05) is 19.5 Å². The number of fused-ring (bicyclic) bond motifs is 1. The lowest BCUT2D eigenvalue weighted by Gasteiger charge is -2.53. The summed E-state index contributed by atoms with van der Waals surface area (Å²) < 4.78 is 5.12. The molecule has 2 aliphatic rings. The first-order valence-corrected chi connectivity index (χ1v) is 15.2. The summed E-state index contributed by atoms with van der Waals surface area (Å²) >= 11 is 2.68. The van der Waals surface area contributed by atoms with Crippen LogP contribution in [-0.4, -0.2) is 44.0 Å². The van der Waals surface area contributed by atoms with Crippen molar-refractivity contribution >= 4 is 45.9 Å². The third kappa shape index (κ3) is 5.21. The van der Waals surface area contributed by atoms with E-state index in [1.165, 1.54) is 34.9 Å². The minimum absolute atomic E-state index is 0.0889. The Labute approximate surface area is 252 Å². The molecule has 2 aliphatic heterocycles. The van der Waals surface area contributed by atoms with E-state index in [-0.39, 0.29) is 24.0 Å². The average molecular weight is 597 g/mol. The molecule has 0 radical (unpaired) electrons. The fourth-order valence-electron chi connectivity index (χ4n) is 5.39. The van der Waals surface area contributed by atoms with Gasteiger partial charge >= 0.3 is 5.97 Å². The molecule has 4 aromatic rings. The van der Waals surface area contributed by atoms with Gasteiger partial charge in [-0.15, -0.1) is 23.1 Å². The Kier molecular flexibility index (Phi) is 7.62. The molecule has 212 valence electrons. The van der Waals surface area contributed by atoms with Gasteiger partial charge in [0.05, 0.1) is 5.00 Å². The Morgan fingerprint density at radius 2 is 1.67 bits per heavy atom. The SMILES string of the molecule is CC(=O)N(c1cccs1)C1C(=O)N2C=CC(Cc3cccc(O)c3)(C(=O)OC(c3ccccc3)c3ccccc3)S[C@H]12. The first-order chi connectivity index (χ1) is 20.4. The summed E-state index contributed by atoms with van der Waals surface area (Å²) in [7, 11) is 0. The van der Waals surface area contributed by atoms with Crippen LogP contribution in [0.1, 0.15) is 29.7 Å². The molecule has 3 atom stereocenters. The minimum Gasteiger partial charge on any atom is -0.508 e. The number of anilines is 1. The van der Waals surface area contributed by atoms with Crippen molar-refractivity contribution < 1.29 is 24.2 Å². The Morgan fingerprint density at radius 3 is 2.26 bits per heavy atom. The molecule has 6 rings (SSSR count). The summed E-state index contributed by atoms with van der Waals surface area (Å²) in [5.41, 5.74) is 2.39. The smallest absolute Gasteiger partial charge is 0.327 e. The van der Waals surface area contributed by atoms with E-state index in [4.69, 9.17) is 4.74 Å². The third-order valence-corrected chi connectivity index (χ3v) is 9.86. The van der Waals surface area contributed by atoms with Crippen LogP contribution in [0.25, 0.3) is 0 Å². The number of esters is 1. The maximum atomic E-state index is 14.4. The van der Waals surface area contributed by atoms with Gasteiger partial charge in [0.25, 0.3) is 5.91 Å². The van der Waals surface area contributed by atoms with Gasteiger partial charge < -0.3 is 14.7 Å². The second kappa shape index (κ2) is 11.5. The molecule has 2 amide bonds. The second-order valence-electron chi connectivity index (χ2n) is 10.2. The van der Waals surface area contributed by atoms with E-state index in [1.807, 2.05) is 84.2 Å². The molecule has 0 saturated carbocycles. The minimum atomic E-state index is -1.24. The lowest BCUT2D eigenvalue weighted by molar-refractivity contribution is -0.150. The summed E-state index contributed by atoms with van der Waals surface area (Å²) in [6, 6.07) is 28.8. The van der Waals surface area contributed by atoms with E-state index >= 15 is 0 Å². The first-order valence-electron chi connectivity index (χ1n) is 13.5. The van der Waals surface area contributed by atoms with Crippen molar-refractivity contribution in [3.8, 4) is 5.75 Å². The number of carbonyl (C=O) groups is 3. The number of rotatable bonds is 8. The molecule has 3 heterocycles. The molecule has 1 aromatic heterocycles. The molecular weight excluding hydrogens is 569 g/mol. The molecule has 0 bridgehead atoms. The highest BCUT2D eigenvalue weighted by Crippen LogP contribution is 2.49. The van der Waals surface area contributed by atoms with Crippen molar-refractivity contribution in [2.45, 2.75) is 35.6 Å². The summed E-state index contributed by atoms with van der Waals surface area (Å²) in [5, 5.41) is 12.2. The fraction of sp³-hybridized carbons (Fsp3) is 0.182. The molecule has 3 aromatic carbocycles. The number of hydrogen-bond acceptors (Lipinski definition) is 7. The van der Waals surface area contributed by atoms with Gasteiger partial charge in [-0.1, -0.05) is 72.8 Å². The van der Waals surface area contributed by atoms with Crippen LogP contribution < -0.4 is 4.90 Å². The van der Waals surface area contributed by atoms with Gasteiger partial charge in [-0.05, 0) is 52.4 Å². The standard InChI is InChI=1S/C33H28N2O5S2/c1-22(36)35(27-16-9-19-41-27)28-30(38)34-18-17-33(42-31(28)34,21-23-10-8-15-26(37)20-23)32(39)40-29(24-11-4-2-5-12-24)25-13-6-3-7-14-25/h2-20,28-29,31,37H,21H2,1H3/t28?,31-,33?/m1/s1. The second-order valence-corrected chi connectivity index (χ2v) is 12.6. The van der Waals surface area contributed by atoms with Crippen LogP contribution in [0.3, 0.4) is 0 Å². The monoisotopic (exact) mass is 596 g/mol. The van der Waals surface area contributed by atoms with Crippen LogP contribution in [0.4, 0.5) is 5.00 Å². The van der Waals surface area contributed by atoms with Crippen molar-refractivity contribution in [2.24, 2.45) is 0 Å². The molecule has 0 spiro atoms. The molecule has 42 heavy (non-hydrogen) atoms. The largest absolute Gasteiger partial charge is 0.508 e. The van der Waals surface area contributed by atoms with Gasteiger partial charge in [0.15, 0.2) is 6.10 Å². The number of thioether (sulfide) groups is 1.